The number of para-hydroxylation sites is 1. The lowest BCUT2D eigenvalue weighted by atomic mass is 10.1. The number of anilines is 2. The molecular weight excluding hydrogens is 264 g/mol. The fourth-order valence-corrected chi connectivity index (χ4v) is 2.60. The molecule has 0 amide bonds. The van der Waals surface area contributed by atoms with Gasteiger partial charge in [-0.2, -0.15) is 4.98 Å². The molecule has 0 unspecified atom stereocenters. The zero-order valence-corrected chi connectivity index (χ0v) is 12.3. The number of hydrogen-bond donors (Lipinski definition) is 1. The van der Waals surface area contributed by atoms with Gasteiger partial charge < -0.3 is 14.7 Å². The van der Waals surface area contributed by atoms with Crippen LogP contribution >= 0.6 is 0 Å². The monoisotopic (exact) mass is 286 g/mol. The van der Waals surface area contributed by atoms with E-state index < -0.39 is 0 Å². The molecule has 1 aromatic heterocycles. The van der Waals surface area contributed by atoms with Crippen molar-refractivity contribution in [3.63, 3.8) is 0 Å². The van der Waals surface area contributed by atoms with Gasteiger partial charge in [-0.05, 0) is 43.0 Å². The quantitative estimate of drug-likeness (QED) is 0.827. The van der Waals surface area contributed by atoms with E-state index in [-0.39, 0.29) is 0 Å². The number of hydrogen-bond acceptors (Lipinski definition) is 5. The SMILES string of the molecule is c1ccc(NCCCc2nc(N3CCCCC3)no2)cc1. The number of rotatable bonds is 6. The molecule has 1 fully saturated rings. The van der Waals surface area contributed by atoms with Gasteiger partial charge in [-0.15, -0.1) is 0 Å². The largest absolute Gasteiger partial charge is 0.385 e. The number of benzene rings is 1. The number of nitrogens with zero attached hydrogens (tertiary/aromatic N) is 3. The molecule has 1 N–H and O–H groups in total. The third kappa shape index (κ3) is 3.97. The van der Waals surface area contributed by atoms with E-state index in [1.807, 2.05) is 18.2 Å². The van der Waals surface area contributed by atoms with Crippen LogP contribution in [0.1, 0.15) is 31.6 Å². The van der Waals surface area contributed by atoms with E-state index in [1.54, 1.807) is 0 Å². The Morgan fingerprint density at radius 3 is 2.71 bits per heavy atom. The van der Waals surface area contributed by atoms with Crippen LogP contribution in [-0.4, -0.2) is 29.8 Å². The Balaban J connectivity index is 1.42. The van der Waals surface area contributed by atoms with E-state index in [9.17, 15) is 0 Å². The Hall–Kier alpha value is -2.04. The molecule has 5 nitrogen and oxygen atoms in total. The summed E-state index contributed by atoms with van der Waals surface area (Å²) in [5, 5.41) is 7.48. The Labute approximate surface area is 125 Å². The van der Waals surface area contributed by atoms with Crippen LogP contribution in [0.15, 0.2) is 34.9 Å². The molecule has 0 saturated carbocycles. The predicted molar refractivity (Wildman–Crippen MR) is 83.6 cm³/mol. The standard InChI is InChI=1S/C16H22N4O/c1-3-8-14(9-4-1)17-11-7-10-15-18-16(19-21-15)20-12-5-2-6-13-20/h1,3-4,8-9,17H,2,5-7,10-13H2. The summed E-state index contributed by atoms with van der Waals surface area (Å²) in [7, 11) is 0. The lowest BCUT2D eigenvalue weighted by molar-refractivity contribution is 0.374. The molecule has 0 spiro atoms. The highest BCUT2D eigenvalue weighted by Crippen LogP contribution is 2.16. The molecule has 0 atom stereocenters. The maximum Gasteiger partial charge on any atom is 0.266 e. The third-order valence-electron chi connectivity index (χ3n) is 3.77. The molecule has 21 heavy (non-hydrogen) atoms. The highest BCUT2D eigenvalue weighted by Gasteiger charge is 2.16. The van der Waals surface area contributed by atoms with Gasteiger partial charge in [0.05, 0.1) is 0 Å². The van der Waals surface area contributed by atoms with Gasteiger partial charge >= 0.3 is 0 Å². The van der Waals surface area contributed by atoms with E-state index in [0.29, 0.717) is 0 Å². The van der Waals surface area contributed by atoms with Crippen molar-refractivity contribution in [3.05, 3.63) is 36.2 Å². The number of aromatic nitrogens is 2. The van der Waals surface area contributed by atoms with E-state index in [2.05, 4.69) is 32.5 Å². The molecule has 0 aliphatic carbocycles. The molecule has 5 heteroatoms. The van der Waals surface area contributed by atoms with Crippen LogP contribution in [0.3, 0.4) is 0 Å². The summed E-state index contributed by atoms with van der Waals surface area (Å²) in [6, 6.07) is 10.2. The minimum absolute atomic E-state index is 0.741. The summed E-state index contributed by atoms with van der Waals surface area (Å²) < 4.78 is 5.34. The summed E-state index contributed by atoms with van der Waals surface area (Å²) in [6.45, 7) is 3.01. The molecule has 1 aliphatic heterocycles. The Kier molecular flexibility index (Phi) is 4.71. The number of nitrogens with one attached hydrogen (secondary N) is 1. The van der Waals surface area contributed by atoms with Crippen molar-refractivity contribution in [2.75, 3.05) is 29.9 Å². The third-order valence-corrected chi connectivity index (χ3v) is 3.77. The van der Waals surface area contributed by atoms with E-state index in [1.165, 1.54) is 19.3 Å². The van der Waals surface area contributed by atoms with E-state index in [4.69, 9.17) is 4.52 Å². The minimum Gasteiger partial charge on any atom is -0.385 e. The fourth-order valence-electron chi connectivity index (χ4n) is 2.60. The second kappa shape index (κ2) is 7.11. The van der Waals surface area contributed by atoms with Crippen molar-refractivity contribution in [3.8, 4) is 0 Å². The Bertz CT molecular complexity index is 534. The maximum atomic E-state index is 5.34. The maximum absolute atomic E-state index is 5.34. The molecule has 1 saturated heterocycles. The van der Waals surface area contributed by atoms with Gasteiger partial charge in [-0.3, -0.25) is 0 Å². The first-order valence-electron chi connectivity index (χ1n) is 7.78. The van der Waals surface area contributed by atoms with Gasteiger partial charge in [-0.1, -0.05) is 18.2 Å². The molecule has 3 rings (SSSR count). The number of aryl methyl sites for hydroxylation is 1. The molecule has 2 aromatic rings. The van der Waals surface area contributed by atoms with Gasteiger partial charge in [0.15, 0.2) is 0 Å². The lowest BCUT2D eigenvalue weighted by Gasteiger charge is -2.24. The van der Waals surface area contributed by atoms with Gasteiger partial charge in [-0.25, -0.2) is 0 Å². The van der Waals surface area contributed by atoms with Crippen molar-refractivity contribution in [2.24, 2.45) is 0 Å². The first-order chi connectivity index (χ1) is 10.4. The van der Waals surface area contributed by atoms with Crippen molar-refractivity contribution < 1.29 is 4.52 Å². The molecule has 2 heterocycles. The van der Waals surface area contributed by atoms with Crippen LogP contribution in [0.4, 0.5) is 11.6 Å². The normalized spacial score (nSPS) is 15.1. The smallest absolute Gasteiger partial charge is 0.266 e. The van der Waals surface area contributed by atoms with Crippen molar-refractivity contribution >= 4 is 11.6 Å². The lowest BCUT2D eigenvalue weighted by Crippen LogP contribution is -2.30. The van der Waals surface area contributed by atoms with Gasteiger partial charge in [0.1, 0.15) is 0 Å². The fraction of sp³-hybridized carbons (Fsp3) is 0.500. The first-order valence-corrected chi connectivity index (χ1v) is 7.78. The highest BCUT2D eigenvalue weighted by molar-refractivity contribution is 5.42. The van der Waals surface area contributed by atoms with Crippen LogP contribution in [-0.2, 0) is 6.42 Å². The first kappa shape index (κ1) is 13.9. The average molecular weight is 286 g/mol. The zero-order chi connectivity index (χ0) is 14.3. The topological polar surface area (TPSA) is 54.2 Å². The minimum atomic E-state index is 0.741. The van der Waals surface area contributed by atoms with Gasteiger partial charge in [0, 0.05) is 31.7 Å². The van der Waals surface area contributed by atoms with Gasteiger partial charge in [0.25, 0.3) is 5.95 Å². The second-order valence-electron chi connectivity index (χ2n) is 5.43. The van der Waals surface area contributed by atoms with E-state index >= 15 is 0 Å². The molecule has 0 bridgehead atoms. The van der Waals surface area contributed by atoms with E-state index in [0.717, 1.165) is 50.0 Å². The summed E-state index contributed by atoms with van der Waals surface area (Å²) in [4.78, 5) is 6.72. The predicted octanol–water partition coefficient (Wildman–Crippen LogP) is 3.10. The summed E-state index contributed by atoms with van der Waals surface area (Å²) in [6.07, 6.45) is 5.57. The molecular formula is C16H22N4O. The van der Waals surface area contributed by atoms with Crippen molar-refractivity contribution in [1.29, 1.82) is 0 Å². The Morgan fingerprint density at radius 2 is 1.90 bits per heavy atom. The van der Waals surface area contributed by atoms with Crippen LogP contribution in [0, 0.1) is 0 Å². The Morgan fingerprint density at radius 1 is 1.10 bits per heavy atom. The summed E-state index contributed by atoms with van der Waals surface area (Å²) in [5.74, 6) is 1.51. The van der Waals surface area contributed by atoms with Crippen LogP contribution in [0.2, 0.25) is 0 Å². The summed E-state index contributed by atoms with van der Waals surface area (Å²) in [5.41, 5.74) is 1.15. The van der Waals surface area contributed by atoms with Crippen molar-refractivity contribution in [2.45, 2.75) is 32.1 Å². The zero-order valence-electron chi connectivity index (χ0n) is 12.3. The number of piperidine rings is 1. The average Bonchev–Trinajstić information content (AvgIpc) is 3.02. The highest BCUT2D eigenvalue weighted by atomic mass is 16.5. The van der Waals surface area contributed by atoms with Crippen LogP contribution in [0.5, 0.6) is 0 Å². The summed E-state index contributed by atoms with van der Waals surface area (Å²) >= 11 is 0. The van der Waals surface area contributed by atoms with Crippen LogP contribution in [0.25, 0.3) is 0 Å². The molecule has 1 aliphatic rings. The molecule has 0 radical (unpaired) electrons. The molecule has 1 aromatic carbocycles. The second-order valence-corrected chi connectivity index (χ2v) is 5.43. The van der Waals surface area contributed by atoms with Crippen molar-refractivity contribution in [1.82, 2.24) is 10.1 Å². The molecule has 112 valence electrons. The van der Waals surface area contributed by atoms with Gasteiger partial charge in [0.2, 0.25) is 5.89 Å². The van der Waals surface area contributed by atoms with Crippen LogP contribution < -0.4 is 10.2 Å².